The fourth-order valence-electron chi connectivity index (χ4n) is 2.90. The van der Waals surface area contributed by atoms with E-state index in [1.54, 1.807) is 36.1 Å². The maximum Gasteiger partial charge on any atom is 0.344 e. The lowest BCUT2D eigenvalue weighted by molar-refractivity contribution is -0.145. The number of halogens is 1. The van der Waals surface area contributed by atoms with Crippen LogP contribution in [0.25, 0.3) is 6.08 Å². The van der Waals surface area contributed by atoms with Crippen LogP contribution < -0.4 is 4.74 Å². The number of thioether (sulfide) groups is 1. The Balaban J connectivity index is 1.64. The maximum absolute atomic E-state index is 12.7. The van der Waals surface area contributed by atoms with E-state index in [0.717, 1.165) is 20.2 Å². The highest BCUT2D eigenvalue weighted by molar-refractivity contribution is 14.1. The molecule has 2 saturated heterocycles. The first-order valence-corrected chi connectivity index (χ1v) is 11.5. The Morgan fingerprint density at radius 3 is 2.68 bits per heavy atom. The van der Waals surface area contributed by atoms with Crippen molar-refractivity contribution in [2.75, 3.05) is 46.1 Å². The minimum Gasteiger partial charge on any atom is -0.481 e. The molecule has 0 unspecified atom stereocenters. The van der Waals surface area contributed by atoms with Gasteiger partial charge < -0.3 is 19.1 Å². The molecule has 0 saturated carbocycles. The minimum atomic E-state index is -0.491. The van der Waals surface area contributed by atoms with E-state index in [1.807, 2.05) is 0 Å². The molecule has 3 amide bonds. The van der Waals surface area contributed by atoms with Crippen molar-refractivity contribution in [3.63, 3.8) is 0 Å². The fourth-order valence-corrected chi connectivity index (χ4v) is 4.43. The van der Waals surface area contributed by atoms with Gasteiger partial charge in [0.25, 0.3) is 11.1 Å². The normalized spacial score (nSPS) is 17.9. The van der Waals surface area contributed by atoms with Gasteiger partial charge in [-0.05, 0) is 65.0 Å². The molecule has 1 aromatic carbocycles. The first kappa shape index (κ1) is 23.5. The van der Waals surface area contributed by atoms with E-state index in [-0.39, 0.29) is 30.6 Å². The summed E-state index contributed by atoms with van der Waals surface area (Å²) in [6.07, 6.45) is 1.60. The topological polar surface area (TPSA) is 102 Å². The quantitative estimate of drug-likeness (QED) is 0.284. The molecule has 31 heavy (non-hydrogen) atoms. The van der Waals surface area contributed by atoms with E-state index < -0.39 is 17.1 Å². The molecule has 166 valence electrons. The molecule has 2 heterocycles. The number of ether oxygens (including phenoxy) is 3. The SMILES string of the molecule is CCOC(=O)COc1ccc(/C=C2/SC(=O)N(CC(=O)N3CCOCC3)C2=O)cc1I. The Bertz CT molecular complexity index is 915. The summed E-state index contributed by atoms with van der Waals surface area (Å²) < 4.78 is 16.2. The first-order chi connectivity index (χ1) is 14.9. The number of nitrogens with zero attached hydrogens (tertiary/aromatic N) is 2. The summed E-state index contributed by atoms with van der Waals surface area (Å²) in [4.78, 5) is 51.6. The van der Waals surface area contributed by atoms with Crippen LogP contribution in [0, 0.1) is 3.57 Å². The van der Waals surface area contributed by atoms with Crippen LogP contribution in [0.1, 0.15) is 12.5 Å². The summed E-state index contributed by atoms with van der Waals surface area (Å²) >= 11 is 2.86. The molecule has 0 atom stereocenters. The predicted octanol–water partition coefficient (Wildman–Crippen LogP) is 2.13. The van der Waals surface area contributed by atoms with E-state index in [0.29, 0.717) is 37.6 Å². The van der Waals surface area contributed by atoms with Gasteiger partial charge in [-0.15, -0.1) is 0 Å². The average Bonchev–Trinajstić information content (AvgIpc) is 3.01. The molecule has 0 aliphatic carbocycles. The van der Waals surface area contributed by atoms with Gasteiger partial charge in [-0.3, -0.25) is 19.3 Å². The average molecular weight is 560 g/mol. The first-order valence-electron chi connectivity index (χ1n) is 9.58. The lowest BCUT2D eigenvalue weighted by atomic mass is 10.2. The van der Waals surface area contributed by atoms with Crippen LogP contribution in [-0.2, 0) is 23.9 Å². The molecule has 11 heteroatoms. The molecule has 0 N–H and O–H groups in total. The summed E-state index contributed by atoms with van der Waals surface area (Å²) in [6.45, 7) is 3.33. The molecule has 0 spiro atoms. The van der Waals surface area contributed by atoms with Gasteiger partial charge >= 0.3 is 5.97 Å². The van der Waals surface area contributed by atoms with Crippen molar-refractivity contribution in [3.8, 4) is 5.75 Å². The Hall–Kier alpha value is -2.12. The van der Waals surface area contributed by atoms with Crippen LogP contribution in [0.3, 0.4) is 0 Å². The fraction of sp³-hybridized carbons (Fsp3) is 0.400. The second kappa shape index (κ2) is 11.0. The molecule has 0 bridgehead atoms. The van der Waals surface area contributed by atoms with Crippen molar-refractivity contribution >= 4 is 63.5 Å². The summed E-state index contributed by atoms with van der Waals surface area (Å²) in [5, 5.41) is -0.470. The Labute approximate surface area is 197 Å². The van der Waals surface area contributed by atoms with Gasteiger partial charge in [0, 0.05) is 13.1 Å². The number of imide groups is 1. The zero-order valence-electron chi connectivity index (χ0n) is 16.8. The monoisotopic (exact) mass is 560 g/mol. The number of benzene rings is 1. The number of rotatable bonds is 7. The van der Waals surface area contributed by atoms with Gasteiger partial charge in [-0.2, -0.15) is 0 Å². The number of esters is 1. The number of carbonyl (C=O) groups excluding carboxylic acids is 4. The van der Waals surface area contributed by atoms with Gasteiger partial charge in [0.2, 0.25) is 5.91 Å². The molecular weight excluding hydrogens is 539 g/mol. The molecule has 3 rings (SSSR count). The van der Waals surface area contributed by atoms with Gasteiger partial charge in [-0.25, -0.2) is 4.79 Å². The minimum absolute atomic E-state index is 0.195. The van der Waals surface area contributed by atoms with Crippen LogP contribution in [0.5, 0.6) is 5.75 Å². The van der Waals surface area contributed by atoms with E-state index in [2.05, 4.69) is 22.6 Å². The zero-order chi connectivity index (χ0) is 22.4. The second-order valence-electron chi connectivity index (χ2n) is 6.54. The predicted molar refractivity (Wildman–Crippen MR) is 121 cm³/mol. The van der Waals surface area contributed by atoms with E-state index in [9.17, 15) is 19.2 Å². The number of morpholine rings is 1. The van der Waals surface area contributed by atoms with E-state index in [4.69, 9.17) is 14.2 Å². The molecule has 9 nitrogen and oxygen atoms in total. The van der Waals surface area contributed by atoms with Crippen LogP contribution in [0.2, 0.25) is 0 Å². The van der Waals surface area contributed by atoms with Crippen molar-refractivity contribution in [2.45, 2.75) is 6.92 Å². The van der Waals surface area contributed by atoms with Crippen LogP contribution in [0.4, 0.5) is 4.79 Å². The van der Waals surface area contributed by atoms with E-state index in [1.165, 1.54) is 0 Å². The number of carbonyl (C=O) groups is 4. The summed E-state index contributed by atoms with van der Waals surface area (Å²) in [5.74, 6) is -0.712. The Kier molecular flexibility index (Phi) is 8.32. The number of amides is 3. The van der Waals surface area contributed by atoms with Crippen molar-refractivity contribution < 1.29 is 33.4 Å². The molecule has 2 aliphatic rings. The molecular formula is C20H21IN2O7S. The van der Waals surface area contributed by atoms with Crippen molar-refractivity contribution in [2.24, 2.45) is 0 Å². The smallest absolute Gasteiger partial charge is 0.344 e. The van der Waals surface area contributed by atoms with Gasteiger partial charge in [0.1, 0.15) is 12.3 Å². The molecule has 1 aromatic rings. The van der Waals surface area contributed by atoms with Crippen molar-refractivity contribution in [1.29, 1.82) is 0 Å². The van der Waals surface area contributed by atoms with Gasteiger partial charge in [0.15, 0.2) is 6.61 Å². The van der Waals surface area contributed by atoms with Crippen LogP contribution in [-0.4, -0.2) is 78.9 Å². The summed E-state index contributed by atoms with van der Waals surface area (Å²) in [6, 6.07) is 5.17. The Morgan fingerprint density at radius 1 is 1.26 bits per heavy atom. The number of hydrogen-bond acceptors (Lipinski definition) is 8. The third-order valence-corrected chi connectivity index (χ3v) is 6.19. The third-order valence-electron chi connectivity index (χ3n) is 4.44. The molecule has 2 aliphatic heterocycles. The largest absolute Gasteiger partial charge is 0.481 e. The molecule has 0 aromatic heterocycles. The van der Waals surface area contributed by atoms with E-state index >= 15 is 0 Å². The highest BCUT2D eigenvalue weighted by Crippen LogP contribution is 2.33. The molecule has 2 fully saturated rings. The van der Waals surface area contributed by atoms with Crippen molar-refractivity contribution in [3.05, 3.63) is 32.2 Å². The highest BCUT2D eigenvalue weighted by Gasteiger charge is 2.37. The van der Waals surface area contributed by atoms with Gasteiger partial charge in [-0.1, -0.05) is 6.07 Å². The number of hydrogen-bond donors (Lipinski definition) is 0. The van der Waals surface area contributed by atoms with Gasteiger partial charge in [0.05, 0.1) is 28.3 Å². The third kappa shape index (κ3) is 6.20. The highest BCUT2D eigenvalue weighted by atomic mass is 127. The maximum atomic E-state index is 12.7. The van der Waals surface area contributed by atoms with Crippen LogP contribution >= 0.6 is 34.4 Å². The van der Waals surface area contributed by atoms with Crippen molar-refractivity contribution in [1.82, 2.24) is 9.80 Å². The Morgan fingerprint density at radius 2 is 2.00 bits per heavy atom. The lowest BCUT2D eigenvalue weighted by Gasteiger charge is -2.28. The zero-order valence-corrected chi connectivity index (χ0v) is 19.8. The van der Waals surface area contributed by atoms with Crippen LogP contribution in [0.15, 0.2) is 23.1 Å². The standard InChI is InChI=1S/C20H21IN2O7S/c1-2-29-18(25)12-30-15-4-3-13(9-14(15)21)10-16-19(26)23(20(27)31-16)11-17(24)22-5-7-28-8-6-22/h3-4,9-10H,2,5-8,11-12H2,1H3/b16-10+. The summed E-state index contributed by atoms with van der Waals surface area (Å²) in [5.41, 5.74) is 0.692. The summed E-state index contributed by atoms with van der Waals surface area (Å²) in [7, 11) is 0. The second-order valence-corrected chi connectivity index (χ2v) is 8.70. The lowest BCUT2D eigenvalue weighted by Crippen LogP contribution is -2.46. The molecule has 0 radical (unpaired) electrons.